The van der Waals surface area contributed by atoms with Crippen LogP contribution in [0.1, 0.15) is 277 Å². The van der Waals surface area contributed by atoms with Gasteiger partial charge in [-0.15, -0.1) is 0 Å². The lowest BCUT2D eigenvalue weighted by Crippen LogP contribution is -2.60. The summed E-state index contributed by atoms with van der Waals surface area (Å²) >= 11 is 0. The number of amides is 1. The molecule has 0 saturated carbocycles. The third kappa shape index (κ3) is 36.6. The van der Waals surface area contributed by atoms with Crippen molar-refractivity contribution in [1.29, 1.82) is 0 Å². The Hall–Kier alpha value is -1.33. The Bertz CT molecular complexity index is 1090. The maximum atomic E-state index is 13.0. The number of carbonyl (C=O) groups excluding carboxylic acids is 1. The first-order valence-electron chi connectivity index (χ1n) is 28.6. The third-order valence-corrected chi connectivity index (χ3v) is 13.8. The van der Waals surface area contributed by atoms with Crippen LogP contribution >= 0.6 is 0 Å². The predicted octanol–water partition coefficient (Wildman–Crippen LogP) is 13.8. The van der Waals surface area contributed by atoms with Gasteiger partial charge < -0.3 is 40.3 Å². The van der Waals surface area contributed by atoms with Crippen LogP contribution in [0, 0.1) is 0 Å². The van der Waals surface area contributed by atoms with Crippen molar-refractivity contribution in [3.8, 4) is 0 Å². The average molecular weight is 936 g/mol. The van der Waals surface area contributed by atoms with Crippen molar-refractivity contribution in [3.63, 3.8) is 0 Å². The fourth-order valence-electron chi connectivity index (χ4n) is 9.21. The topological polar surface area (TPSA) is 149 Å². The van der Waals surface area contributed by atoms with E-state index in [4.69, 9.17) is 9.47 Å². The summed E-state index contributed by atoms with van der Waals surface area (Å²) in [5.74, 6) is -0.174. The molecule has 390 valence electrons. The second kappa shape index (κ2) is 47.4. The van der Waals surface area contributed by atoms with E-state index in [0.717, 1.165) is 38.5 Å². The molecule has 1 aliphatic rings. The lowest BCUT2D eigenvalue weighted by Gasteiger charge is -2.40. The van der Waals surface area contributed by atoms with Crippen LogP contribution in [0.2, 0.25) is 0 Å². The lowest BCUT2D eigenvalue weighted by molar-refractivity contribution is -0.302. The average Bonchev–Trinajstić information content (AvgIpc) is 3.32. The van der Waals surface area contributed by atoms with Gasteiger partial charge in [0.2, 0.25) is 5.91 Å². The highest BCUT2D eigenvalue weighted by molar-refractivity contribution is 5.76. The molecule has 0 aliphatic carbocycles. The number of nitrogens with one attached hydrogen (secondary N) is 1. The summed E-state index contributed by atoms with van der Waals surface area (Å²) in [4.78, 5) is 13.0. The largest absolute Gasteiger partial charge is 0.394 e. The Balaban J connectivity index is 2.20. The second-order valence-electron chi connectivity index (χ2n) is 20.1. The monoisotopic (exact) mass is 936 g/mol. The van der Waals surface area contributed by atoms with Gasteiger partial charge >= 0.3 is 0 Å². The van der Waals surface area contributed by atoms with E-state index < -0.39 is 49.5 Å². The molecule has 0 aromatic rings. The van der Waals surface area contributed by atoms with Gasteiger partial charge in [0.05, 0.1) is 25.4 Å². The fraction of sp³-hybridized carbons (Fsp3) is 0.912. The predicted molar refractivity (Wildman–Crippen MR) is 277 cm³/mol. The van der Waals surface area contributed by atoms with Crippen LogP contribution in [0.15, 0.2) is 24.3 Å². The van der Waals surface area contributed by atoms with Crippen LogP contribution in [-0.2, 0) is 14.3 Å². The SMILES string of the molecule is CCCCCCCCCCCCCC/C=C\CCCCCCCCCCCCCC(=O)NC(COC1OC(CO)C(O)C(O)C1O)C(O)/C=C/CCCCCCCCCCCCCCCC. The molecule has 0 aromatic heterocycles. The second-order valence-corrected chi connectivity index (χ2v) is 20.1. The maximum absolute atomic E-state index is 13.0. The lowest BCUT2D eigenvalue weighted by atomic mass is 9.99. The first-order chi connectivity index (χ1) is 32.3. The van der Waals surface area contributed by atoms with Crippen molar-refractivity contribution in [2.75, 3.05) is 13.2 Å². The number of rotatable bonds is 49. The van der Waals surface area contributed by atoms with E-state index >= 15 is 0 Å². The van der Waals surface area contributed by atoms with Gasteiger partial charge in [-0.25, -0.2) is 0 Å². The molecule has 9 nitrogen and oxygen atoms in total. The number of aliphatic hydroxyl groups excluding tert-OH is 5. The van der Waals surface area contributed by atoms with E-state index in [1.165, 1.54) is 218 Å². The molecule has 7 unspecified atom stereocenters. The molecule has 0 aromatic carbocycles. The maximum Gasteiger partial charge on any atom is 0.220 e. The zero-order valence-corrected chi connectivity index (χ0v) is 43.2. The van der Waals surface area contributed by atoms with Crippen molar-refractivity contribution in [1.82, 2.24) is 5.32 Å². The van der Waals surface area contributed by atoms with Gasteiger partial charge in [-0.2, -0.15) is 0 Å². The van der Waals surface area contributed by atoms with Crippen LogP contribution in [0.5, 0.6) is 0 Å². The minimum Gasteiger partial charge on any atom is -0.394 e. The molecule has 1 amide bonds. The van der Waals surface area contributed by atoms with E-state index in [-0.39, 0.29) is 12.5 Å². The molecular formula is C57H109NO8. The highest BCUT2D eigenvalue weighted by atomic mass is 16.7. The van der Waals surface area contributed by atoms with Crippen LogP contribution < -0.4 is 5.32 Å². The minimum atomic E-state index is -1.56. The summed E-state index contributed by atoms with van der Waals surface area (Å²) in [5, 5.41) is 54.4. The van der Waals surface area contributed by atoms with E-state index in [2.05, 4.69) is 31.3 Å². The number of unbranched alkanes of at least 4 members (excludes halogenated alkanes) is 37. The van der Waals surface area contributed by atoms with E-state index in [1.54, 1.807) is 6.08 Å². The number of allylic oxidation sites excluding steroid dienone is 3. The first-order valence-corrected chi connectivity index (χ1v) is 28.6. The fourth-order valence-corrected chi connectivity index (χ4v) is 9.21. The van der Waals surface area contributed by atoms with Crippen molar-refractivity contribution < 1.29 is 39.8 Å². The van der Waals surface area contributed by atoms with Gasteiger partial charge in [0.1, 0.15) is 24.4 Å². The Kier molecular flexibility index (Phi) is 45.0. The Morgan fingerprint density at radius 2 is 0.848 bits per heavy atom. The quantitative estimate of drug-likeness (QED) is 0.0261. The van der Waals surface area contributed by atoms with E-state index in [0.29, 0.717) is 6.42 Å². The molecule has 1 heterocycles. The first kappa shape index (κ1) is 62.7. The zero-order chi connectivity index (χ0) is 48.0. The van der Waals surface area contributed by atoms with Gasteiger partial charge in [-0.1, -0.05) is 250 Å². The zero-order valence-electron chi connectivity index (χ0n) is 43.2. The molecule has 66 heavy (non-hydrogen) atoms. The number of carbonyl (C=O) groups is 1. The molecule has 0 bridgehead atoms. The standard InChI is InChI=1S/C57H109NO8/c1-3-5-7-9-11-13-15-17-19-21-22-23-24-25-26-27-28-29-30-31-33-35-37-39-41-43-45-47-53(61)58-50(49-65-57-56(64)55(63)54(62)52(48-59)66-57)51(60)46-44-42-40-38-36-34-32-20-18-16-14-12-10-8-6-4-2/h25-26,44,46,50-52,54-57,59-60,62-64H,3-24,27-43,45,47-49H2,1-2H3,(H,58,61)/b26-25-,46-44+. The molecule has 1 rings (SSSR count). The van der Waals surface area contributed by atoms with Crippen LogP contribution in [0.4, 0.5) is 0 Å². The minimum absolute atomic E-state index is 0.174. The van der Waals surface area contributed by atoms with Crippen LogP contribution in [0.3, 0.4) is 0 Å². The van der Waals surface area contributed by atoms with E-state index in [9.17, 15) is 30.3 Å². The molecular weight excluding hydrogens is 827 g/mol. The Morgan fingerprint density at radius 1 is 0.500 bits per heavy atom. The summed E-state index contributed by atoms with van der Waals surface area (Å²) in [6.07, 6.45) is 52.4. The van der Waals surface area contributed by atoms with Crippen molar-refractivity contribution >= 4 is 5.91 Å². The molecule has 1 saturated heterocycles. The van der Waals surface area contributed by atoms with Crippen molar-refractivity contribution in [2.45, 2.75) is 320 Å². The summed E-state index contributed by atoms with van der Waals surface area (Å²) in [6.45, 7) is 3.81. The van der Waals surface area contributed by atoms with Gasteiger partial charge in [0, 0.05) is 6.42 Å². The summed E-state index contributed by atoms with van der Waals surface area (Å²) in [5.41, 5.74) is 0. The van der Waals surface area contributed by atoms with Gasteiger partial charge in [-0.05, 0) is 44.9 Å². The molecule has 0 radical (unpaired) electrons. The molecule has 0 spiro atoms. The van der Waals surface area contributed by atoms with Crippen molar-refractivity contribution in [2.24, 2.45) is 0 Å². The smallest absolute Gasteiger partial charge is 0.220 e. The summed E-state index contributed by atoms with van der Waals surface area (Å²) in [7, 11) is 0. The highest BCUT2D eigenvalue weighted by Gasteiger charge is 2.44. The molecule has 1 aliphatic heterocycles. The Morgan fingerprint density at radius 3 is 1.23 bits per heavy atom. The highest BCUT2D eigenvalue weighted by Crippen LogP contribution is 2.23. The van der Waals surface area contributed by atoms with Crippen LogP contribution in [0.25, 0.3) is 0 Å². The third-order valence-electron chi connectivity index (χ3n) is 13.8. The van der Waals surface area contributed by atoms with Gasteiger partial charge in [-0.3, -0.25) is 4.79 Å². The Labute approximate surface area is 407 Å². The molecule has 7 atom stereocenters. The normalized spacial score (nSPS) is 19.9. The number of hydrogen-bond acceptors (Lipinski definition) is 8. The van der Waals surface area contributed by atoms with E-state index in [1.807, 2.05) is 6.08 Å². The number of aliphatic hydroxyl groups is 5. The molecule has 1 fully saturated rings. The molecule has 9 heteroatoms. The summed E-state index contributed by atoms with van der Waals surface area (Å²) < 4.78 is 11.3. The van der Waals surface area contributed by atoms with Gasteiger partial charge in [0.25, 0.3) is 0 Å². The van der Waals surface area contributed by atoms with Crippen LogP contribution in [-0.4, -0.2) is 87.5 Å². The van der Waals surface area contributed by atoms with Crippen molar-refractivity contribution in [3.05, 3.63) is 24.3 Å². The number of hydrogen-bond donors (Lipinski definition) is 6. The molecule has 6 N–H and O–H groups in total. The number of ether oxygens (including phenoxy) is 2. The summed E-state index contributed by atoms with van der Waals surface area (Å²) in [6, 6.07) is -0.803. The van der Waals surface area contributed by atoms with Gasteiger partial charge in [0.15, 0.2) is 6.29 Å².